The van der Waals surface area contributed by atoms with Crippen LogP contribution in [0, 0.1) is 0 Å². The molecule has 0 spiro atoms. The highest BCUT2D eigenvalue weighted by molar-refractivity contribution is 8.00. The second-order valence-electron chi connectivity index (χ2n) is 12.0. The van der Waals surface area contributed by atoms with E-state index < -0.39 is 28.5 Å². The van der Waals surface area contributed by atoms with Gasteiger partial charge < -0.3 is 16.6 Å². The molecule has 0 saturated carbocycles. The van der Waals surface area contributed by atoms with Gasteiger partial charge in [-0.2, -0.15) is 0 Å². The fourth-order valence-electron chi connectivity index (χ4n) is 7.06. The van der Waals surface area contributed by atoms with E-state index in [0.717, 1.165) is 33.4 Å². The molecule has 0 aromatic heterocycles. The lowest BCUT2D eigenvalue weighted by Crippen LogP contribution is -2.65. The number of hydrogen-bond donors (Lipinski definition) is 3. The van der Waals surface area contributed by atoms with Crippen molar-refractivity contribution in [2.45, 2.75) is 22.5 Å². The van der Waals surface area contributed by atoms with Crippen molar-refractivity contribution < 1.29 is 9.90 Å². The molecule has 6 aromatic rings. The van der Waals surface area contributed by atoms with Crippen LogP contribution in [0.1, 0.15) is 33.4 Å². The Kier molecular flexibility index (Phi) is 10.7. The summed E-state index contributed by atoms with van der Waals surface area (Å²) < 4.78 is -0.731. The molecule has 6 aromatic carbocycles. The maximum atomic E-state index is 13.9. The lowest BCUT2D eigenvalue weighted by atomic mass is 9.74. The number of thioether (sulfide) groups is 1. The van der Waals surface area contributed by atoms with Crippen LogP contribution in [0.4, 0.5) is 0 Å². The fraction of sp³-hybridized carbons (Fsp3) is 0.140. The predicted octanol–water partition coefficient (Wildman–Crippen LogP) is 7.70. The number of hydrogen-bond acceptors (Lipinski definition) is 5. The quantitative estimate of drug-likeness (QED) is 0.0817. The molecular weight excluding hydrogens is 623 g/mol. The Morgan fingerprint density at radius 3 is 1.10 bits per heavy atom. The van der Waals surface area contributed by atoms with Gasteiger partial charge in [0, 0.05) is 12.3 Å². The van der Waals surface area contributed by atoms with E-state index in [1.807, 2.05) is 150 Å². The van der Waals surface area contributed by atoms with Gasteiger partial charge in [-0.3, -0.25) is 9.69 Å². The second-order valence-corrected chi connectivity index (χ2v) is 13.2. The van der Waals surface area contributed by atoms with Crippen molar-refractivity contribution in [1.82, 2.24) is 4.90 Å². The average molecular weight is 664 g/mol. The lowest BCUT2D eigenvalue weighted by Gasteiger charge is -2.51. The van der Waals surface area contributed by atoms with Crippen molar-refractivity contribution in [2.24, 2.45) is 11.5 Å². The summed E-state index contributed by atoms with van der Waals surface area (Å²) in [4.78, 5) is 15.8. The number of rotatable bonds is 14. The summed E-state index contributed by atoms with van der Waals surface area (Å²) >= 11 is 1.60. The Bertz CT molecular complexity index is 1700. The molecule has 5 N–H and O–H groups in total. The lowest BCUT2D eigenvalue weighted by molar-refractivity contribution is -0.145. The third-order valence-corrected chi connectivity index (χ3v) is 10.8. The molecule has 0 heterocycles. The summed E-state index contributed by atoms with van der Waals surface area (Å²) in [5.41, 5.74) is 18.2. The highest BCUT2D eigenvalue weighted by Gasteiger charge is 2.50. The van der Waals surface area contributed by atoms with Crippen molar-refractivity contribution in [3.63, 3.8) is 0 Å². The highest BCUT2D eigenvalue weighted by atomic mass is 32.2. The Hall–Kier alpha value is -4.98. The van der Waals surface area contributed by atoms with E-state index in [0.29, 0.717) is 0 Å². The average Bonchev–Trinajstić information content (AvgIpc) is 3.18. The van der Waals surface area contributed by atoms with Crippen molar-refractivity contribution in [3.05, 3.63) is 215 Å². The number of carbonyl (C=O) groups is 1. The third kappa shape index (κ3) is 6.56. The number of benzene rings is 6. The van der Waals surface area contributed by atoms with E-state index in [4.69, 9.17) is 11.5 Å². The first-order chi connectivity index (χ1) is 24.0. The van der Waals surface area contributed by atoms with Gasteiger partial charge in [0.15, 0.2) is 0 Å². The Labute approximate surface area is 293 Å². The largest absolute Gasteiger partial charge is 0.480 e. The first-order valence-electron chi connectivity index (χ1n) is 16.5. The first kappa shape index (κ1) is 33.9. The molecule has 0 amide bonds. The summed E-state index contributed by atoms with van der Waals surface area (Å²) in [7, 11) is 0. The zero-order valence-corrected chi connectivity index (χ0v) is 28.1. The summed E-state index contributed by atoms with van der Waals surface area (Å²) in [5, 5.41) is 11.3. The van der Waals surface area contributed by atoms with Crippen LogP contribution in [0.3, 0.4) is 0 Å². The fourth-order valence-corrected chi connectivity index (χ4v) is 8.67. The van der Waals surface area contributed by atoms with Crippen molar-refractivity contribution in [3.8, 4) is 0 Å². The Balaban J connectivity index is 1.60. The normalized spacial score (nSPS) is 13.1. The van der Waals surface area contributed by atoms with Crippen LogP contribution in [0.15, 0.2) is 182 Å². The van der Waals surface area contributed by atoms with Gasteiger partial charge in [0.25, 0.3) is 0 Å². The topological polar surface area (TPSA) is 92.6 Å². The smallest absolute Gasteiger partial charge is 0.321 e. The molecule has 0 aliphatic heterocycles. The standard InChI is InChI=1S/C43H41N3O2S/c44-31-40(45)46(42(33-19-7-1-8-20-33,34-21-9-2-10-22-34)35-23-11-3-12-24-35)39(41(47)48)32-49-43(36-25-13-4-14-26-36,37-27-15-5-16-28-37)38-29-17-6-18-30-38/h1-30,39-40H,31-32,44-45H2,(H,47,48)/t39-,40?/m0/s1. The molecule has 0 saturated heterocycles. The van der Waals surface area contributed by atoms with Gasteiger partial charge in [0.1, 0.15) is 6.04 Å². The van der Waals surface area contributed by atoms with Gasteiger partial charge in [0.05, 0.1) is 16.5 Å². The number of carboxylic acid groups (broad SMARTS) is 1. The number of nitrogens with zero attached hydrogens (tertiary/aromatic N) is 1. The molecule has 5 nitrogen and oxygen atoms in total. The third-order valence-electron chi connectivity index (χ3n) is 9.18. The summed E-state index contributed by atoms with van der Waals surface area (Å²) in [6, 6.07) is 60.0. The van der Waals surface area contributed by atoms with Crippen molar-refractivity contribution in [2.75, 3.05) is 12.3 Å². The van der Waals surface area contributed by atoms with Gasteiger partial charge in [-0.25, -0.2) is 0 Å². The summed E-state index contributed by atoms with van der Waals surface area (Å²) in [5.74, 6) is -0.790. The molecule has 1 unspecified atom stereocenters. The summed E-state index contributed by atoms with van der Waals surface area (Å²) in [6.45, 7) is 0.0455. The molecule has 49 heavy (non-hydrogen) atoms. The van der Waals surface area contributed by atoms with Gasteiger partial charge in [-0.1, -0.05) is 182 Å². The SMILES string of the molecule is NCC(N)N([C@@H](CSC(c1ccccc1)(c1ccccc1)c1ccccc1)C(=O)O)C(c1ccccc1)(c1ccccc1)c1ccccc1. The predicted molar refractivity (Wildman–Crippen MR) is 201 cm³/mol. The van der Waals surface area contributed by atoms with Gasteiger partial charge in [-0.05, 0) is 33.4 Å². The minimum atomic E-state index is -1.10. The zero-order chi connectivity index (χ0) is 34.1. The molecule has 6 heteroatoms. The van der Waals surface area contributed by atoms with E-state index in [-0.39, 0.29) is 12.3 Å². The van der Waals surface area contributed by atoms with E-state index in [2.05, 4.69) is 36.4 Å². The van der Waals surface area contributed by atoms with Crippen LogP contribution in [-0.4, -0.2) is 40.5 Å². The Morgan fingerprint density at radius 1 is 0.551 bits per heavy atom. The maximum absolute atomic E-state index is 13.9. The monoisotopic (exact) mass is 663 g/mol. The minimum absolute atomic E-state index is 0.0455. The molecule has 0 radical (unpaired) electrons. The van der Waals surface area contributed by atoms with Crippen LogP contribution in [0.5, 0.6) is 0 Å². The maximum Gasteiger partial charge on any atom is 0.321 e. The highest BCUT2D eigenvalue weighted by Crippen LogP contribution is 2.50. The molecule has 6 rings (SSSR count). The molecule has 2 atom stereocenters. The van der Waals surface area contributed by atoms with Gasteiger partial charge in [0.2, 0.25) is 0 Å². The minimum Gasteiger partial charge on any atom is -0.480 e. The molecule has 246 valence electrons. The number of aliphatic carboxylic acids is 1. The van der Waals surface area contributed by atoms with Crippen LogP contribution in [-0.2, 0) is 15.1 Å². The van der Waals surface area contributed by atoms with Crippen molar-refractivity contribution >= 4 is 17.7 Å². The van der Waals surface area contributed by atoms with Crippen molar-refractivity contribution in [1.29, 1.82) is 0 Å². The number of carboxylic acids is 1. The first-order valence-corrected chi connectivity index (χ1v) is 17.5. The second kappa shape index (κ2) is 15.5. The Morgan fingerprint density at radius 2 is 0.837 bits per heavy atom. The molecule has 0 aliphatic rings. The molecular formula is C43H41N3O2S. The molecule has 0 bridgehead atoms. The van der Waals surface area contributed by atoms with E-state index >= 15 is 0 Å². The van der Waals surface area contributed by atoms with Crippen LogP contribution in [0.25, 0.3) is 0 Å². The van der Waals surface area contributed by atoms with Gasteiger partial charge >= 0.3 is 5.97 Å². The summed E-state index contributed by atoms with van der Waals surface area (Å²) in [6.07, 6.45) is -0.818. The van der Waals surface area contributed by atoms with Crippen LogP contribution < -0.4 is 11.5 Å². The van der Waals surface area contributed by atoms with Crippen LogP contribution >= 0.6 is 11.8 Å². The van der Waals surface area contributed by atoms with Gasteiger partial charge in [-0.15, -0.1) is 11.8 Å². The van der Waals surface area contributed by atoms with E-state index in [1.165, 1.54) is 0 Å². The molecule has 0 aliphatic carbocycles. The number of nitrogens with two attached hydrogens (primary N) is 2. The van der Waals surface area contributed by atoms with E-state index in [1.54, 1.807) is 11.8 Å². The van der Waals surface area contributed by atoms with E-state index in [9.17, 15) is 9.90 Å². The zero-order valence-electron chi connectivity index (χ0n) is 27.3. The molecule has 0 fully saturated rings. The van der Waals surface area contributed by atoms with Crippen LogP contribution in [0.2, 0.25) is 0 Å².